The summed E-state index contributed by atoms with van der Waals surface area (Å²) < 4.78 is 11.3. The zero-order valence-electron chi connectivity index (χ0n) is 24.3. The van der Waals surface area contributed by atoms with Crippen molar-refractivity contribution in [2.75, 3.05) is 6.61 Å². The van der Waals surface area contributed by atoms with Gasteiger partial charge in [-0.2, -0.15) is 10.2 Å². The van der Waals surface area contributed by atoms with E-state index in [1.807, 2.05) is 18.2 Å². The average molecular weight is 557 g/mol. The van der Waals surface area contributed by atoms with Crippen LogP contribution < -0.4 is 9.47 Å². The van der Waals surface area contributed by atoms with Gasteiger partial charge >= 0.3 is 5.97 Å². The maximum Gasteiger partial charge on any atom is 0.343 e. The van der Waals surface area contributed by atoms with Crippen LogP contribution in [0.1, 0.15) is 105 Å². The lowest BCUT2D eigenvalue weighted by atomic mass is 10.1. The number of esters is 1. The van der Waals surface area contributed by atoms with Gasteiger partial charge in [-0.05, 0) is 72.6 Å². The van der Waals surface area contributed by atoms with Gasteiger partial charge in [-0.15, -0.1) is 0 Å². The molecule has 41 heavy (non-hydrogen) atoms. The van der Waals surface area contributed by atoms with Crippen LogP contribution >= 0.6 is 0 Å². The smallest absolute Gasteiger partial charge is 0.343 e. The van der Waals surface area contributed by atoms with Crippen molar-refractivity contribution in [2.24, 2.45) is 10.2 Å². The maximum atomic E-state index is 12.5. The van der Waals surface area contributed by atoms with Gasteiger partial charge in [-0.25, -0.2) is 4.79 Å². The van der Waals surface area contributed by atoms with E-state index in [2.05, 4.69) is 17.1 Å². The van der Waals surface area contributed by atoms with Crippen LogP contribution in [-0.2, 0) is 0 Å². The van der Waals surface area contributed by atoms with Gasteiger partial charge < -0.3 is 14.6 Å². The number of rotatable bonds is 19. The van der Waals surface area contributed by atoms with Gasteiger partial charge in [-0.3, -0.25) is 0 Å². The van der Waals surface area contributed by atoms with Gasteiger partial charge in [-0.1, -0.05) is 89.7 Å². The fourth-order valence-electron chi connectivity index (χ4n) is 4.40. The molecule has 0 aromatic heterocycles. The molecule has 6 heteroatoms. The third kappa shape index (κ3) is 12.9. The van der Waals surface area contributed by atoms with Crippen molar-refractivity contribution in [3.05, 3.63) is 89.5 Å². The zero-order valence-corrected chi connectivity index (χ0v) is 24.3. The van der Waals surface area contributed by atoms with E-state index in [0.717, 1.165) is 17.7 Å². The van der Waals surface area contributed by atoms with Crippen molar-refractivity contribution < 1.29 is 19.4 Å². The number of unbranched alkanes of at least 4 members (excludes halogenated alkanes) is 11. The normalized spacial score (nSPS) is 11.3. The molecule has 6 nitrogen and oxygen atoms in total. The highest BCUT2D eigenvalue weighted by atomic mass is 16.5. The molecule has 0 heterocycles. The predicted molar refractivity (Wildman–Crippen MR) is 168 cm³/mol. The Balaban J connectivity index is 1.28. The number of hydrogen-bond acceptors (Lipinski definition) is 6. The minimum absolute atomic E-state index is 0.148. The summed E-state index contributed by atoms with van der Waals surface area (Å²) >= 11 is 0. The molecule has 0 spiro atoms. The van der Waals surface area contributed by atoms with Crippen LogP contribution in [0.4, 0.5) is 0 Å². The molecule has 0 atom stereocenters. The fourth-order valence-corrected chi connectivity index (χ4v) is 4.40. The second-order valence-corrected chi connectivity index (χ2v) is 10.3. The van der Waals surface area contributed by atoms with Crippen molar-refractivity contribution >= 4 is 18.4 Å². The number of carbonyl (C=O) groups excluding carboxylic acids is 1. The molecule has 0 aliphatic carbocycles. The SMILES string of the molecule is CCCCCCCCCCCCCCOc1ccc(C(=O)Oc2ccc(/C=N/N=C/c3ccccc3O)cc2)cc1. The van der Waals surface area contributed by atoms with Crippen LogP contribution in [0.3, 0.4) is 0 Å². The number of ether oxygens (including phenoxy) is 2. The first-order valence-corrected chi connectivity index (χ1v) is 15.0. The number of para-hydroxylation sites is 1. The summed E-state index contributed by atoms with van der Waals surface area (Å²) in [7, 11) is 0. The van der Waals surface area contributed by atoms with Crippen molar-refractivity contribution in [1.82, 2.24) is 0 Å². The standard InChI is InChI=1S/C35H44N2O4/c1-2-3-4-5-6-7-8-9-10-11-12-15-26-40-32-24-20-30(21-25-32)35(39)41-33-22-18-29(19-23-33)27-36-37-28-31-16-13-14-17-34(31)38/h13-14,16-25,27-28,38H,2-12,15,26H2,1H3/b36-27+,37-28+. The Morgan fingerprint density at radius 2 is 1.24 bits per heavy atom. The van der Waals surface area contributed by atoms with Gasteiger partial charge in [0.25, 0.3) is 0 Å². The quantitative estimate of drug-likeness (QED) is 0.0525. The summed E-state index contributed by atoms with van der Waals surface area (Å²) in [6.07, 6.45) is 18.9. The van der Waals surface area contributed by atoms with E-state index in [1.165, 1.54) is 76.8 Å². The first kappa shape index (κ1) is 31.6. The molecule has 0 bridgehead atoms. The Labute approximate surface area is 245 Å². The first-order chi connectivity index (χ1) is 20.2. The Hall–Kier alpha value is -3.93. The van der Waals surface area contributed by atoms with Gasteiger partial charge in [0.2, 0.25) is 0 Å². The molecule has 0 aliphatic heterocycles. The molecule has 3 aromatic carbocycles. The van der Waals surface area contributed by atoms with Crippen LogP contribution in [0, 0.1) is 0 Å². The molecule has 0 unspecified atom stereocenters. The molecule has 0 radical (unpaired) electrons. The maximum absolute atomic E-state index is 12.5. The third-order valence-corrected chi connectivity index (χ3v) is 6.85. The second kappa shape index (κ2) is 19.2. The van der Waals surface area contributed by atoms with Crippen molar-refractivity contribution in [3.63, 3.8) is 0 Å². The van der Waals surface area contributed by atoms with Gasteiger partial charge in [0, 0.05) is 5.56 Å². The molecule has 3 aromatic rings. The van der Waals surface area contributed by atoms with Crippen molar-refractivity contribution in [3.8, 4) is 17.2 Å². The van der Waals surface area contributed by atoms with Crippen LogP contribution in [0.25, 0.3) is 0 Å². The highest BCUT2D eigenvalue weighted by Gasteiger charge is 2.09. The largest absolute Gasteiger partial charge is 0.507 e. The number of nitrogens with zero attached hydrogens (tertiary/aromatic N) is 2. The van der Waals surface area contributed by atoms with Crippen molar-refractivity contribution in [2.45, 2.75) is 84.0 Å². The summed E-state index contributed by atoms with van der Waals surface area (Å²) in [5.74, 6) is 0.927. The molecule has 0 fully saturated rings. The minimum Gasteiger partial charge on any atom is -0.507 e. The topological polar surface area (TPSA) is 80.5 Å². The summed E-state index contributed by atoms with van der Waals surface area (Å²) in [6.45, 7) is 2.96. The molecule has 1 N–H and O–H groups in total. The monoisotopic (exact) mass is 556 g/mol. The summed E-state index contributed by atoms with van der Waals surface area (Å²) in [5.41, 5.74) is 1.85. The highest BCUT2D eigenvalue weighted by molar-refractivity contribution is 5.91. The van der Waals surface area contributed by atoms with E-state index in [1.54, 1.807) is 60.8 Å². The Bertz CT molecular complexity index is 1200. The molecular weight excluding hydrogens is 512 g/mol. The lowest BCUT2D eigenvalue weighted by molar-refractivity contribution is 0.0734. The van der Waals surface area contributed by atoms with Crippen LogP contribution in [0.15, 0.2) is 83.0 Å². The first-order valence-electron chi connectivity index (χ1n) is 15.0. The number of aromatic hydroxyl groups is 1. The molecule has 0 saturated heterocycles. The number of hydrogen-bond donors (Lipinski definition) is 1. The van der Waals surface area contributed by atoms with Gasteiger partial charge in [0.15, 0.2) is 0 Å². The Kier molecular flexibility index (Phi) is 14.8. The molecule has 218 valence electrons. The van der Waals surface area contributed by atoms with Crippen LogP contribution in [0.2, 0.25) is 0 Å². The third-order valence-electron chi connectivity index (χ3n) is 6.85. The number of benzene rings is 3. The van der Waals surface area contributed by atoms with E-state index < -0.39 is 5.97 Å². The molecule has 3 rings (SSSR count). The lowest BCUT2D eigenvalue weighted by Gasteiger charge is -2.08. The summed E-state index contributed by atoms with van der Waals surface area (Å²) in [4.78, 5) is 12.5. The molecule has 0 amide bonds. The van der Waals surface area contributed by atoms with Gasteiger partial charge in [0.1, 0.15) is 17.2 Å². The molecular formula is C35H44N2O4. The van der Waals surface area contributed by atoms with Gasteiger partial charge in [0.05, 0.1) is 24.6 Å². The van der Waals surface area contributed by atoms with E-state index in [4.69, 9.17) is 9.47 Å². The number of carbonyl (C=O) groups is 1. The predicted octanol–water partition coefficient (Wildman–Crippen LogP) is 9.14. The summed E-state index contributed by atoms with van der Waals surface area (Å²) in [6, 6.07) is 21.0. The summed E-state index contributed by atoms with van der Waals surface area (Å²) in [5, 5.41) is 17.7. The highest BCUT2D eigenvalue weighted by Crippen LogP contribution is 2.18. The van der Waals surface area contributed by atoms with Crippen LogP contribution in [0.5, 0.6) is 17.2 Å². The molecule has 0 saturated carbocycles. The van der Waals surface area contributed by atoms with Crippen molar-refractivity contribution in [1.29, 1.82) is 0 Å². The van der Waals surface area contributed by atoms with E-state index in [0.29, 0.717) is 23.5 Å². The van der Waals surface area contributed by atoms with E-state index in [-0.39, 0.29) is 5.75 Å². The van der Waals surface area contributed by atoms with Crippen LogP contribution in [-0.4, -0.2) is 30.1 Å². The average Bonchev–Trinajstić information content (AvgIpc) is 2.99. The number of phenolic OH excluding ortho intramolecular Hbond substituents is 1. The Morgan fingerprint density at radius 3 is 1.88 bits per heavy atom. The fraction of sp³-hybridized carbons (Fsp3) is 0.400. The number of phenols is 1. The second-order valence-electron chi connectivity index (χ2n) is 10.3. The van der Waals surface area contributed by atoms with E-state index in [9.17, 15) is 9.90 Å². The van der Waals surface area contributed by atoms with E-state index >= 15 is 0 Å². The molecule has 0 aliphatic rings. The minimum atomic E-state index is -0.425. The zero-order chi connectivity index (χ0) is 29.0. The lowest BCUT2D eigenvalue weighted by Crippen LogP contribution is -2.08. The Morgan fingerprint density at radius 1 is 0.683 bits per heavy atom.